The summed E-state index contributed by atoms with van der Waals surface area (Å²) >= 11 is 0. The number of aliphatic carboxylic acids is 1. The molecule has 0 aromatic heterocycles. The van der Waals surface area contributed by atoms with E-state index in [4.69, 9.17) is 15.6 Å². The van der Waals surface area contributed by atoms with Crippen LogP contribution < -0.4 is 15.8 Å². The lowest BCUT2D eigenvalue weighted by Crippen LogP contribution is -2.35. The monoisotopic (exact) mass is 252 g/mol. The number of nitrogens with one attached hydrogen (secondary N) is 1. The van der Waals surface area contributed by atoms with Crippen LogP contribution in [-0.2, 0) is 4.79 Å². The second kappa shape index (κ2) is 6.61. The van der Waals surface area contributed by atoms with Crippen LogP contribution >= 0.6 is 0 Å². The molecule has 98 valence electrons. The van der Waals surface area contributed by atoms with E-state index < -0.39 is 12.0 Å². The number of hydrogen-bond acceptors (Lipinski definition) is 4. The second-order valence-corrected chi connectivity index (χ2v) is 3.72. The van der Waals surface area contributed by atoms with Gasteiger partial charge < -0.3 is 20.9 Å². The molecule has 0 saturated heterocycles. The number of carboxylic acid groups (broad SMARTS) is 1. The van der Waals surface area contributed by atoms with Crippen molar-refractivity contribution in [2.24, 2.45) is 5.73 Å². The van der Waals surface area contributed by atoms with Gasteiger partial charge in [-0.25, -0.2) is 0 Å². The number of rotatable bonds is 6. The highest BCUT2D eigenvalue weighted by Crippen LogP contribution is 2.12. The zero-order valence-corrected chi connectivity index (χ0v) is 10.1. The molecule has 0 aliphatic heterocycles. The van der Waals surface area contributed by atoms with Gasteiger partial charge in [-0.3, -0.25) is 9.59 Å². The number of carbonyl (C=O) groups is 2. The number of hydrogen-bond donors (Lipinski definition) is 3. The van der Waals surface area contributed by atoms with E-state index in [0.29, 0.717) is 11.3 Å². The van der Waals surface area contributed by atoms with Crippen molar-refractivity contribution in [1.29, 1.82) is 0 Å². The summed E-state index contributed by atoms with van der Waals surface area (Å²) in [5.41, 5.74) is 5.77. The molecule has 1 amide bonds. The Balaban J connectivity index is 2.47. The van der Waals surface area contributed by atoms with Gasteiger partial charge in [-0.15, -0.1) is 0 Å². The van der Waals surface area contributed by atoms with Gasteiger partial charge in [0.05, 0.1) is 7.11 Å². The molecule has 18 heavy (non-hydrogen) atoms. The fourth-order valence-corrected chi connectivity index (χ4v) is 1.33. The number of carboxylic acids is 1. The molecule has 1 atom stereocenters. The summed E-state index contributed by atoms with van der Waals surface area (Å²) in [6.07, 6.45) is 0.186. The second-order valence-electron chi connectivity index (χ2n) is 3.72. The predicted octanol–water partition coefficient (Wildman–Crippen LogP) is 0.227. The Labute approximate surface area is 105 Å². The summed E-state index contributed by atoms with van der Waals surface area (Å²) < 4.78 is 5.00. The highest BCUT2D eigenvalue weighted by molar-refractivity contribution is 5.94. The quantitative estimate of drug-likeness (QED) is 0.672. The summed E-state index contributed by atoms with van der Waals surface area (Å²) in [5.74, 6) is -0.776. The molecule has 0 aliphatic rings. The van der Waals surface area contributed by atoms with E-state index in [2.05, 4.69) is 5.32 Å². The average molecular weight is 252 g/mol. The van der Waals surface area contributed by atoms with E-state index >= 15 is 0 Å². The molecule has 4 N–H and O–H groups in total. The maximum absolute atomic E-state index is 11.7. The van der Waals surface area contributed by atoms with Crippen molar-refractivity contribution in [3.8, 4) is 5.75 Å². The molecule has 1 aromatic carbocycles. The number of ether oxygens (including phenoxy) is 1. The van der Waals surface area contributed by atoms with Gasteiger partial charge in [-0.05, 0) is 24.6 Å². The van der Waals surface area contributed by atoms with Crippen molar-refractivity contribution in [1.82, 2.24) is 5.32 Å². The molecule has 1 rings (SSSR count). The van der Waals surface area contributed by atoms with Gasteiger partial charge in [0, 0.05) is 12.1 Å². The lowest BCUT2D eigenvalue weighted by atomic mass is 10.2. The predicted molar refractivity (Wildman–Crippen MR) is 65.6 cm³/mol. The van der Waals surface area contributed by atoms with Gasteiger partial charge in [-0.2, -0.15) is 0 Å². The smallest absolute Gasteiger partial charge is 0.320 e. The topological polar surface area (TPSA) is 102 Å². The summed E-state index contributed by atoms with van der Waals surface area (Å²) in [6.45, 7) is 0.212. The van der Waals surface area contributed by atoms with Crippen LogP contribution in [0.4, 0.5) is 0 Å². The first-order valence-electron chi connectivity index (χ1n) is 5.45. The van der Waals surface area contributed by atoms with E-state index in [9.17, 15) is 9.59 Å². The first-order valence-corrected chi connectivity index (χ1v) is 5.45. The molecule has 0 aliphatic carbocycles. The molecule has 0 bridgehead atoms. The summed E-state index contributed by atoms with van der Waals surface area (Å²) in [7, 11) is 1.52. The number of methoxy groups -OCH3 is 1. The van der Waals surface area contributed by atoms with E-state index in [1.165, 1.54) is 7.11 Å². The molecule has 0 spiro atoms. The van der Waals surface area contributed by atoms with Crippen LogP contribution in [0.5, 0.6) is 5.75 Å². The van der Waals surface area contributed by atoms with E-state index in [1.54, 1.807) is 24.3 Å². The van der Waals surface area contributed by atoms with E-state index in [-0.39, 0.29) is 18.9 Å². The minimum absolute atomic E-state index is 0.186. The van der Waals surface area contributed by atoms with Crippen LogP contribution in [0, 0.1) is 0 Å². The highest BCUT2D eigenvalue weighted by Gasteiger charge is 2.12. The van der Waals surface area contributed by atoms with Crippen molar-refractivity contribution in [2.75, 3.05) is 13.7 Å². The molecule has 0 heterocycles. The lowest BCUT2D eigenvalue weighted by Gasteiger charge is -2.08. The third-order valence-electron chi connectivity index (χ3n) is 2.39. The Hall–Kier alpha value is -2.08. The van der Waals surface area contributed by atoms with Gasteiger partial charge in [0.2, 0.25) is 0 Å². The molecular weight excluding hydrogens is 236 g/mol. The van der Waals surface area contributed by atoms with Gasteiger partial charge in [0.1, 0.15) is 11.8 Å². The van der Waals surface area contributed by atoms with Crippen LogP contribution in [0.2, 0.25) is 0 Å². The van der Waals surface area contributed by atoms with Crippen LogP contribution in [-0.4, -0.2) is 36.7 Å². The van der Waals surface area contributed by atoms with Gasteiger partial charge >= 0.3 is 5.97 Å². The summed E-state index contributed by atoms with van der Waals surface area (Å²) in [5, 5.41) is 11.2. The maximum atomic E-state index is 11.7. The van der Waals surface area contributed by atoms with Crippen molar-refractivity contribution < 1.29 is 19.4 Å². The summed E-state index contributed by atoms with van der Waals surface area (Å²) in [6, 6.07) is 5.73. The first kappa shape index (κ1) is 14.0. The molecule has 0 fully saturated rings. The first-order chi connectivity index (χ1) is 8.54. The van der Waals surface area contributed by atoms with Crippen LogP contribution in [0.15, 0.2) is 24.3 Å². The van der Waals surface area contributed by atoms with Gasteiger partial charge in [0.15, 0.2) is 0 Å². The van der Waals surface area contributed by atoms with Crippen molar-refractivity contribution in [3.63, 3.8) is 0 Å². The fraction of sp³-hybridized carbons (Fsp3) is 0.333. The van der Waals surface area contributed by atoms with Crippen LogP contribution in [0.1, 0.15) is 16.8 Å². The third-order valence-corrected chi connectivity index (χ3v) is 2.39. The minimum Gasteiger partial charge on any atom is -0.497 e. The Morgan fingerprint density at radius 1 is 1.50 bits per heavy atom. The lowest BCUT2D eigenvalue weighted by molar-refractivity contribution is -0.138. The summed E-state index contributed by atoms with van der Waals surface area (Å²) in [4.78, 5) is 22.2. The fourth-order valence-electron chi connectivity index (χ4n) is 1.33. The average Bonchev–Trinajstić information content (AvgIpc) is 2.38. The molecular formula is C12H16N2O4. The van der Waals surface area contributed by atoms with E-state index in [1.807, 2.05) is 0 Å². The Bertz CT molecular complexity index is 434. The van der Waals surface area contributed by atoms with Crippen molar-refractivity contribution >= 4 is 11.9 Å². The number of nitrogens with two attached hydrogens (primary N) is 1. The van der Waals surface area contributed by atoms with Crippen molar-refractivity contribution in [3.05, 3.63) is 29.8 Å². The largest absolute Gasteiger partial charge is 0.497 e. The molecule has 0 saturated carbocycles. The standard InChI is InChI=1S/C12H16N2O4/c1-18-9-4-2-3-8(7-9)11(15)14-6-5-10(13)12(16)17/h2-4,7,10H,5-6,13H2,1H3,(H,14,15)(H,16,17)/t10-/m0/s1. The third kappa shape index (κ3) is 4.06. The maximum Gasteiger partial charge on any atom is 0.320 e. The SMILES string of the molecule is COc1cccc(C(=O)NCC[C@H](N)C(=O)O)c1. The number of amides is 1. The van der Waals surface area contributed by atoms with E-state index in [0.717, 1.165) is 0 Å². The van der Waals surface area contributed by atoms with Crippen LogP contribution in [0.3, 0.4) is 0 Å². The van der Waals surface area contributed by atoms with Gasteiger partial charge in [-0.1, -0.05) is 6.07 Å². The number of carbonyl (C=O) groups excluding carboxylic acids is 1. The van der Waals surface area contributed by atoms with Gasteiger partial charge in [0.25, 0.3) is 5.91 Å². The number of benzene rings is 1. The molecule has 1 aromatic rings. The highest BCUT2D eigenvalue weighted by atomic mass is 16.5. The molecule has 6 heteroatoms. The Morgan fingerprint density at radius 3 is 2.83 bits per heavy atom. The normalized spacial score (nSPS) is 11.7. The minimum atomic E-state index is -1.08. The molecule has 0 unspecified atom stereocenters. The van der Waals surface area contributed by atoms with Crippen LogP contribution in [0.25, 0.3) is 0 Å². The molecule has 6 nitrogen and oxygen atoms in total. The zero-order chi connectivity index (χ0) is 13.5. The Morgan fingerprint density at radius 2 is 2.22 bits per heavy atom. The van der Waals surface area contributed by atoms with Crippen molar-refractivity contribution in [2.45, 2.75) is 12.5 Å². The Kier molecular flexibility index (Phi) is 5.13. The molecule has 0 radical (unpaired) electrons. The zero-order valence-electron chi connectivity index (χ0n) is 10.1.